The van der Waals surface area contributed by atoms with Crippen molar-refractivity contribution in [2.24, 2.45) is 0 Å². The summed E-state index contributed by atoms with van der Waals surface area (Å²) in [5, 5.41) is 0. The molecule has 0 N–H and O–H groups in total. The molecule has 0 rings (SSSR count). The summed E-state index contributed by atoms with van der Waals surface area (Å²) in [5.74, 6) is 0. The molecule has 0 nitrogen and oxygen atoms in total. The fourth-order valence-corrected chi connectivity index (χ4v) is 13.0. The Morgan fingerprint density at radius 2 is 1.50 bits per heavy atom. The van der Waals surface area contributed by atoms with E-state index in [1.54, 1.807) is 0 Å². The molecule has 0 aromatic rings. The van der Waals surface area contributed by atoms with Crippen LogP contribution in [0.1, 0.15) is 13.8 Å². The Morgan fingerprint density at radius 3 is 1.70 bits per heavy atom. The fourth-order valence-electron chi connectivity index (χ4n) is 0.828. The van der Waals surface area contributed by atoms with Gasteiger partial charge in [-0.2, -0.15) is 0 Å². The molecule has 0 atom stereocenters. The van der Waals surface area contributed by atoms with E-state index in [2.05, 4.69) is 39.3 Å². The van der Waals surface area contributed by atoms with Gasteiger partial charge in [-0.3, -0.25) is 0 Å². The van der Waals surface area contributed by atoms with Crippen LogP contribution in [-0.2, 0) is 0 Å². The van der Waals surface area contributed by atoms with Crippen LogP contribution in [0.2, 0.25) is 8.35 Å². The first-order valence-electron chi connectivity index (χ1n) is 3.45. The first-order valence-corrected chi connectivity index (χ1v) is 15.5. The van der Waals surface area contributed by atoms with E-state index in [1.165, 1.54) is 19.5 Å². The van der Waals surface area contributed by atoms with Crippen molar-refractivity contribution in [1.29, 1.82) is 0 Å². The molecule has 56 valence electrons. The van der Waals surface area contributed by atoms with Gasteiger partial charge in [-0.25, -0.2) is 0 Å². The predicted molar refractivity (Wildman–Crippen MR) is 53.9 cm³/mol. The van der Waals surface area contributed by atoms with Crippen molar-refractivity contribution in [2.45, 2.75) is 22.2 Å². The fraction of sp³-hybridized carbons (Fsp3) is 0.500. The third-order valence-corrected chi connectivity index (χ3v) is 12.0. The summed E-state index contributed by atoms with van der Waals surface area (Å²) in [7, 11) is 0. The third kappa shape index (κ3) is 6.94. The third-order valence-electron chi connectivity index (χ3n) is 1.14. The van der Waals surface area contributed by atoms with Gasteiger partial charge in [-0.15, -0.1) is 0 Å². The molecule has 10 heavy (non-hydrogen) atoms. The van der Waals surface area contributed by atoms with Crippen LogP contribution in [0.15, 0.2) is 24.3 Å². The molecule has 0 saturated heterocycles. The van der Waals surface area contributed by atoms with E-state index in [1.807, 2.05) is 0 Å². The summed E-state index contributed by atoms with van der Waals surface area (Å²) < 4.78 is 2.52. The number of hydrogen-bond donors (Lipinski definition) is 0. The van der Waals surface area contributed by atoms with Crippen molar-refractivity contribution < 1.29 is 0 Å². The maximum absolute atomic E-state index is 3.90. The standard InChI is InChI=1S/2C4H7.BrH.In/c2*1-4(2)3;;/h2*1-2H2,3H3;1H;/q;;;+1/p-1. The monoisotopic (exact) mass is 304 g/mol. The van der Waals surface area contributed by atoms with E-state index in [4.69, 9.17) is 0 Å². The van der Waals surface area contributed by atoms with Crippen molar-refractivity contribution >= 4 is 31.4 Å². The van der Waals surface area contributed by atoms with Gasteiger partial charge in [-0.1, -0.05) is 0 Å². The van der Waals surface area contributed by atoms with Crippen LogP contribution in [0.3, 0.4) is 0 Å². The average molecular weight is 305 g/mol. The summed E-state index contributed by atoms with van der Waals surface area (Å²) in [6.07, 6.45) is 0. The van der Waals surface area contributed by atoms with Crippen molar-refractivity contribution in [3.8, 4) is 0 Å². The number of halogens is 1. The second kappa shape index (κ2) is 5.48. The van der Waals surface area contributed by atoms with Crippen LogP contribution in [0, 0.1) is 0 Å². The summed E-state index contributed by atoms with van der Waals surface area (Å²) >= 11 is 2.43. The zero-order valence-corrected chi connectivity index (χ0v) is 11.7. The first kappa shape index (κ1) is 10.8. The van der Waals surface area contributed by atoms with Crippen molar-refractivity contribution in [2.75, 3.05) is 0 Å². The molecule has 0 aliphatic carbocycles. The van der Waals surface area contributed by atoms with Crippen molar-refractivity contribution in [1.82, 2.24) is 0 Å². The van der Waals surface area contributed by atoms with Gasteiger partial charge in [0.1, 0.15) is 0 Å². The van der Waals surface area contributed by atoms with Gasteiger partial charge >= 0.3 is 77.9 Å². The molecule has 0 aromatic heterocycles. The molecule has 0 saturated carbocycles. The molecule has 2 heteroatoms. The maximum atomic E-state index is 3.90. The number of rotatable bonds is 4. The quantitative estimate of drug-likeness (QED) is 0.697. The Bertz CT molecular complexity index is 124. The van der Waals surface area contributed by atoms with Crippen molar-refractivity contribution in [3.05, 3.63) is 24.3 Å². The summed E-state index contributed by atoms with van der Waals surface area (Å²) in [6.45, 7) is 12.0. The predicted octanol–water partition coefficient (Wildman–Crippen LogP) is 3.53. The van der Waals surface area contributed by atoms with E-state index < -0.39 is 19.1 Å². The molecular formula is C8H14BrIn. The van der Waals surface area contributed by atoms with E-state index in [9.17, 15) is 0 Å². The van der Waals surface area contributed by atoms with E-state index in [0.29, 0.717) is 0 Å². The van der Waals surface area contributed by atoms with Gasteiger partial charge < -0.3 is 0 Å². The van der Waals surface area contributed by atoms with Gasteiger partial charge in [-0.05, 0) is 0 Å². The number of allylic oxidation sites excluding steroid dienone is 2. The Balaban J connectivity index is 3.53. The molecule has 0 spiro atoms. The van der Waals surface area contributed by atoms with Crippen LogP contribution in [0.5, 0.6) is 0 Å². The normalized spacial score (nSPS) is 9.10. The van der Waals surface area contributed by atoms with E-state index >= 15 is 0 Å². The zero-order valence-electron chi connectivity index (χ0n) is 6.78. The van der Waals surface area contributed by atoms with Gasteiger partial charge in [0.25, 0.3) is 0 Å². The molecule has 0 aliphatic heterocycles. The molecule has 0 heterocycles. The van der Waals surface area contributed by atoms with E-state index in [0.717, 1.165) is 0 Å². The zero-order chi connectivity index (χ0) is 8.15. The van der Waals surface area contributed by atoms with Crippen LogP contribution >= 0.6 is 12.3 Å². The van der Waals surface area contributed by atoms with Crippen LogP contribution in [0.25, 0.3) is 0 Å². The molecule has 0 unspecified atom stereocenters. The first-order chi connectivity index (χ1) is 4.52. The molecule has 0 aromatic carbocycles. The van der Waals surface area contributed by atoms with Gasteiger partial charge in [0, 0.05) is 0 Å². The van der Waals surface area contributed by atoms with Crippen LogP contribution in [0.4, 0.5) is 0 Å². The number of hydrogen-bond acceptors (Lipinski definition) is 0. The second-order valence-electron chi connectivity index (χ2n) is 2.92. The Morgan fingerprint density at radius 1 is 1.20 bits per heavy atom. The molecular weight excluding hydrogens is 291 g/mol. The van der Waals surface area contributed by atoms with Gasteiger partial charge in [0.05, 0.1) is 0 Å². The second-order valence-corrected chi connectivity index (χ2v) is 17.3. The Labute approximate surface area is 77.4 Å². The molecule has 0 bridgehead atoms. The molecule has 0 amide bonds. The molecule has 0 fully saturated rings. The summed E-state index contributed by atoms with van der Waals surface area (Å²) in [5.41, 5.74) is 2.64. The molecule has 0 aliphatic rings. The Hall–Kier alpha value is 0.830. The minimum atomic E-state index is -1.34. The Kier molecular flexibility index (Phi) is 5.93. The topological polar surface area (TPSA) is 0 Å². The summed E-state index contributed by atoms with van der Waals surface area (Å²) in [6, 6.07) is 0. The van der Waals surface area contributed by atoms with Crippen molar-refractivity contribution in [3.63, 3.8) is 0 Å². The SMILES string of the molecule is C=C(C)[CH2][In]([Br])[CH2]C(=C)C. The van der Waals surface area contributed by atoms with Crippen LogP contribution < -0.4 is 0 Å². The van der Waals surface area contributed by atoms with E-state index in [-0.39, 0.29) is 0 Å². The summed E-state index contributed by atoms with van der Waals surface area (Å²) in [4.78, 5) is 0. The average Bonchev–Trinajstić information content (AvgIpc) is 1.58. The minimum absolute atomic E-state index is 1.26. The van der Waals surface area contributed by atoms with Gasteiger partial charge in [0.15, 0.2) is 0 Å². The van der Waals surface area contributed by atoms with Gasteiger partial charge in [0.2, 0.25) is 0 Å². The van der Waals surface area contributed by atoms with Crippen LogP contribution in [-0.4, -0.2) is 19.1 Å². The molecule has 0 radical (unpaired) electrons.